The van der Waals surface area contributed by atoms with Crippen LogP contribution in [-0.4, -0.2) is 34.1 Å². The summed E-state index contributed by atoms with van der Waals surface area (Å²) in [5, 5.41) is 7.34. The van der Waals surface area contributed by atoms with Gasteiger partial charge in [-0.15, -0.1) is 0 Å². The number of carbonyl (C=O) groups is 1. The second-order valence-corrected chi connectivity index (χ2v) is 9.59. The fourth-order valence-corrected chi connectivity index (χ4v) is 4.25. The van der Waals surface area contributed by atoms with Crippen LogP contribution in [0.15, 0.2) is 71.8 Å². The van der Waals surface area contributed by atoms with Crippen LogP contribution in [0.25, 0.3) is 0 Å². The highest BCUT2D eigenvalue weighted by atomic mass is 35.5. The van der Waals surface area contributed by atoms with E-state index in [1.54, 1.807) is 50.4 Å². The molecule has 0 saturated heterocycles. The number of halogens is 1. The van der Waals surface area contributed by atoms with Crippen molar-refractivity contribution >= 4 is 39.2 Å². The largest absolute Gasteiger partial charge is 0.470 e. The van der Waals surface area contributed by atoms with E-state index in [2.05, 4.69) is 25.1 Å². The number of hydrogen-bond acceptors (Lipinski definition) is 7. The van der Waals surface area contributed by atoms with Crippen LogP contribution in [0.2, 0.25) is 5.02 Å². The number of aryl methyl sites for hydroxylation is 2. The Labute approximate surface area is 207 Å². The van der Waals surface area contributed by atoms with Gasteiger partial charge in [-0.05, 0) is 62.4 Å². The molecule has 2 N–H and O–H groups in total. The molecule has 0 spiro atoms. The predicted molar refractivity (Wildman–Crippen MR) is 131 cm³/mol. The summed E-state index contributed by atoms with van der Waals surface area (Å²) in [4.78, 5) is 20.7. The highest BCUT2D eigenvalue weighted by Gasteiger charge is 2.17. The molecule has 10 nitrogen and oxygen atoms in total. The maximum absolute atomic E-state index is 12.7. The van der Waals surface area contributed by atoms with Gasteiger partial charge >= 0.3 is 0 Å². The zero-order chi connectivity index (χ0) is 25.0. The normalized spacial score (nSPS) is 11.2. The molecule has 0 unspecified atom stereocenters. The molecule has 35 heavy (non-hydrogen) atoms. The molecule has 2 aromatic carbocycles. The third-order valence-electron chi connectivity index (χ3n) is 4.69. The Morgan fingerprint density at radius 3 is 2.40 bits per heavy atom. The van der Waals surface area contributed by atoms with Crippen molar-refractivity contribution in [3.63, 3.8) is 0 Å². The van der Waals surface area contributed by atoms with E-state index >= 15 is 0 Å². The van der Waals surface area contributed by atoms with E-state index in [1.165, 1.54) is 35.0 Å². The molecular formula is C23H21ClN6O4S. The molecule has 12 heteroatoms. The van der Waals surface area contributed by atoms with Crippen molar-refractivity contribution in [1.82, 2.24) is 19.7 Å². The van der Waals surface area contributed by atoms with Gasteiger partial charge in [0.1, 0.15) is 5.75 Å². The summed E-state index contributed by atoms with van der Waals surface area (Å²) >= 11 is 6.06. The second kappa shape index (κ2) is 10.1. The number of sulfonamides is 1. The Balaban J connectivity index is 1.38. The van der Waals surface area contributed by atoms with Crippen LogP contribution in [0.1, 0.15) is 21.9 Å². The Kier molecular flexibility index (Phi) is 6.99. The van der Waals surface area contributed by atoms with Gasteiger partial charge in [0.25, 0.3) is 15.9 Å². The van der Waals surface area contributed by atoms with Gasteiger partial charge in [0.05, 0.1) is 9.92 Å². The minimum absolute atomic E-state index is 0.000687. The summed E-state index contributed by atoms with van der Waals surface area (Å²) < 4.78 is 34.7. The smallest absolute Gasteiger partial charge is 0.276 e. The average molecular weight is 513 g/mol. The van der Waals surface area contributed by atoms with Gasteiger partial charge in [0, 0.05) is 23.3 Å². The highest BCUT2D eigenvalue weighted by Crippen LogP contribution is 2.23. The molecule has 0 aliphatic carbocycles. The third-order valence-corrected chi connectivity index (χ3v) is 6.35. The van der Waals surface area contributed by atoms with E-state index in [-0.39, 0.29) is 23.3 Å². The zero-order valence-corrected chi connectivity index (χ0v) is 20.3. The van der Waals surface area contributed by atoms with Gasteiger partial charge in [-0.2, -0.15) is 5.10 Å². The van der Waals surface area contributed by atoms with Gasteiger partial charge in [0.15, 0.2) is 12.4 Å². The first kappa shape index (κ1) is 24.2. The maximum Gasteiger partial charge on any atom is 0.276 e. The van der Waals surface area contributed by atoms with E-state index in [0.29, 0.717) is 27.8 Å². The second-order valence-electron chi connectivity index (χ2n) is 7.50. The van der Waals surface area contributed by atoms with Crippen molar-refractivity contribution in [2.75, 3.05) is 10.0 Å². The summed E-state index contributed by atoms with van der Waals surface area (Å²) in [5.74, 6) is 0.0390. The molecule has 1 amide bonds. The Morgan fingerprint density at radius 1 is 1.03 bits per heavy atom. The first-order valence-electron chi connectivity index (χ1n) is 10.4. The van der Waals surface area contributed by atoms with E-state index in [4.69, 9.17) is 16.3 Å². The Hall–Kier alpha value is -3.96. The number of benzene rings is 2. The van der Waals surface area contributed by atoms with E-state index in [1.807, 2.05) is 0 Å². The lowest BCUT2D eigenvalue weighted by Gasteiger charge is -2.09. The first-order valence-corrected chi connectivity index (χ1v) is 12.2. The summed E-state index contributed by atoms with van der Waals surface area (Å²) in [6.45, 7) is 3.57. The number of carbonyl (C=O) groups excluding carboxylic acids is 1. The molecule has 0 saturated carbocycles. The first-order chi connectivity index (χ1) is 16.7. The number of para-hydroxylation sites is 1. The van der Waals surface area contributed by atoms with Crippen molar-refractivity contribution in [2.45, 2.75) is 25.5 Å². The number of amides is 1. The predicted octanol–water partition coefficient (Wildman–Crippen LogP) is 4.03. The van der Waals surface area contributed by atoms with Crippen LogP contribution in [0.4, 0.5) is 11.6 Å². The molecule has 2 heterocycles. The van der Waals surface area contributed by atoms with E-state index in [0.717, 1.165) is 0 Å². The highest BCUT2D eigenvalue weighted by molar-refractivity contribution is 7.92. The monoisotopic (exact) mass is 512 g/mol. The molecule has 0 bridgehead atoms. The van der Waals surface area contributed by atoms with Crippen LogP contribution < -0.4 is 14.8 Å². The number of rotatable bonds is 8. The number of nitrogens with zero attached hydrogens (tertiary/aromatic N) is 4. The summed E-state index contributed by atoms with van der Waals surface area (Å²) in [6, 6.07) is 16.0. The molecule has 180 valence electrons. The number of aromatic nitrogens is 4. The van der Waals surface area contributed by atoms with Crippen LogP contribution in [0, 0.1) is 13.8 Å². The molecule has 0 aliphatic heterocycles. The van der Waals surface area contributed by atoms with Crippen molar-refractivity contribution in [1.29, 1.82) is 0 Å². The zero-order valence-electron chi connectivity index (χ0n) is 18.8. The fraction of sp³-hybridized carbons (Fsp3) is 0.130. The maximum atomic E-state index is 12.7. The lowest BCUT2D eigenvalue weighted by atomic mass is 10.3. The lowest BCUT2D eigenvalue weighted by Crippen LogP contribution is -2.16. The van der Waals surface area contributed by atoms with Crippen molar-refractivity contribution in [3.8, 4) is 5.75 Å². The topological polar surface area (TPSA) is 128 Å². The van der Waals surface area contributed by atoms with Crippen LogP contribution in [0.5, 0.6) is 5.75 Å². The van der Waals surface area contributed by atoms with Crippen molar-refractivity contribution in [3.05, 3.63) is 89.0 Å². The van der Waals surface area contributed by atoms with Crippen molar-refractivity contribution < 1.29 is 17.9 Å². The fourth-order valence-electron chi connectivity index (χ4n) is 3.12. The van der Waals surface area contributed by atoms with Gasteiger partial charge < -0.3 is 10.1 Å². The van der Waals surface area contributed by atoms with E-state index < -0.39 is 15.9 Å². The average Bonchev–Trinajstić information content (AvgIpc) is 3.27. The van der Waals surface area contributed by atoms with Gasteiger partial charge in [-0.1, -0.05) is 23.7 Å². The number of nitrogens with one attached hydrogen (secondary N) is 2. The molecule has 0 fully saturated rings. The quantitative estimate of drug-likeness (QED) is 0.364. The lowest BCUT2D eigenvalue weighted by molar-refractivity contribution is 0.102. The third kappa shape index (κ3) is 6.14. The molecule has 4 rings (SSSR count). The molecule has 2 aromatic heterocycles. The Morgan fingerprint density at radius 2 is 1.71 bits per heavy atom. The number of anilines is 2. The number of hydrogen-bond donors (Lipinski definition) is 2. The van der Waals surface area contributed by atoms with Gasteiger partial charge in [-0.25, -0.2) is 27.8 Å². The summed E-state index contributed by atoms with van der Waals surface area (Å²) in [6.07, 6.45) is 1.60. The molecule has 4 aromatic rings. The van der Waals surface area contributed by atoms with Crippen LogP contribution in [-0.2, 0) is 16.8 Å². The van der Waals surface area contributed by atoms with Crippen LogP contribution >= 0.6 is 11.6 Å². The van der Waals surface area contributed by atoms with E-state index in [9.17, 15) is 13.2 Å². The van der Waals surface area contributed by atoms with Crippen LogP contribution in [0.3, 0.4) is 0 Å². The summed E-state index contributed by atoms with van der Waals surface area (Å²) in [5.41, 5.74) is 1.86. The molecule has 0 radical (unpaired) electrons. The molecule has 0 aliphatic rings. The van der Waals surface area contributed by atoms with Gasteiger partial charge in [-0.3, -0.25) is 4.79 Å². The molecular weight excluding hydrogens is 492 g/mol. The van der Waals surface area contributed by atoms with Crippen molar-refractivity contribution in [2.24, 2.45) is 0 Å². The Bertz CT molecular complexity index is 1450. The SMILES string of the molecule is Cc1cc(C)nc(NS(=O)(=O)c2ccc(NC(=O)c3ccn(COc4ccccc4Cl)n3)cc2)n1. The van der Waals surface area contributed by atoms with Gasteiger partial charge in [0.2, 0.25) is 5.95 Å². The molecule has 0 atom stereocenters. The number of ether oxygens (including phenoxy) is 1. The minimum atomic E-state index is -3.90. The minimum Gasteiger partial charge on any atom is -0.470 e. The standard InChI is InChI=1S/C23H21ClN6O4S/c1-15-13-16(2)26-23(25-15)29-35(32,33)18-9-7-17(8-10-18)27-22(31)20-11-12-30(28-20)14-34-21-6-4-3-5-19(21)24/h3-13H,14H2,1-2H3,(H,27,31)(H,25,26,29). The summed E-state index contributed by atoms with van der Waals surface area (Å²) in [7, 11) is -3.90.